The second kappa shape index (κ2) is 8.91. The fourth-order valence-corrected chi connectivity index (χ4v) is 3.54. The molecule has 2 aromatic rings. The summed E-state index contributed by atoms with van der Waals surface area (Å²) < 4.78 is 19.7. The number of amides is 1. The molecule has 1 unspecified atom stereocenters. The van der Waals surface area contributed by atoms with Gasteiger partial charge in [-0.1, -0.05) is 43.3 Å². The summed E-state index contributed by atoms with van der Waals surface area (Å²) in [6.07, 6.45) is 3.17. The van der Waals surface area contributed by atoms with Gasteiger partial charge in [-0.2, -0.15) is 0 Å². The first-order valence-corrected chi connectivity index (χ1v) is 9.41. The first-order chi connectivity index (χ1) is 13.1. The average Bonchev–Trinajstić information content (AvgIpc) is 3.12. The van der Waals surface area contributed by atoms with Gasteiger partial charge in [0.1, 0.15) is 11.9 Å². The Morgan fingerprint density at radius 3 is 2.37 bits per heavy atom. The number of halogens is 1. The van der Waals surface area contributed by atoms with Crippen molar-refractivity contribution in [2.75, 3.05) is 13.2 Å². The molecule has 142 valence electrons. The molecule has 1 fully saturated rings. The van der Waals surface area contributed by atoms with Gasteiger partial charge < -0.3 is 15.0 Å². The smallest absolute Gasteiger partial charge is 0.223 e. The lowest BCUT2D eigenvalue weighted by Crippen LogP contribution is -2.35. The summed E-state index contributed by atoms with van der Waals surface area (Å²) in [7, 11) is 0. The molecule has 0 aliphatic carbocycles. The zero-order valence-electron chi connectivity index (χ0n) is 15.5. The molecule has 0 spiro atoms. The topological polar surface area (TPSA) is 53.4 Å². The Kier molecular flexibility index (Phi) is 6.35. The summed E-state index contributed by atoms with van der Waals surface area (Å²) in [6, 6.07) is 13.7. The van der Waals surface area contributed by atoms with Gasteiger partial charge in [-0.05, 0) is 41.7 Å². The van der Waals surface area contributed by atoms with Gasteiger partial charge in [0.25, 0.3) is 0 Å². The van der Waals surface area contributed by atoms with Crippen LogP contribution < -0.4 is 0 Å². The summed E-state index contributed by atoms with van der Waals surface area (Å²) in [5.74, 6) is -0.197. The minimum atomic E-state index is -0.350. The van der Waals surface area contributed by atoms with Crippen LogP contribution in [-0.2, 0) is 9.53 Å². The highest BCUT2D eigenvalue weighted by Crippen LogP contribution is 2.39. The molecule has 1 aliphatic rings. The van der Waals surface area contributed by atoms with Crippen molar-refractivity contribution in [3.63, 3.8) is 0 Å². The van der Waals surface area contributed by atoms with Gasteiger partial charge in [0.05, 0.1) is 6.04 Å². The summed E-state index contributed by atoms with van der Waals surface area (Å²) in [5.41, 5.74) is 2.62. The monoisotopic (exact) mass is 368 g/mol. The quantitative estimate of drug-likeness (QED) is 0.689. The summed E-state index contributed by atoms with van der Waals surface area (Å²) in [6.45, 7) is 3.28. The van der Waals surface area contributed by atoms with Gasteiger partial charge in [-0.3, -0.25) is 4.79 Å². The Labute approximate surface area is 159 Å². The molecule has 0 radical (unpaired) electrons. The number of ether oxygens (including phenoxy) is 1. The van der Waals surface area contributed by atoms with Gasteiger partial charge in [0.15, 0.2) is 0 Å². The first kappa shape index (κ1) is 19.2. The Morgan fingerprint density at radius 1 is 1.15 bits per heavy atom. The van der Waals surface area contributed by atoms with Gasteiger partial charge in [-0.25, -0.2) is 4.39 Å². The number of rotatable bonds is 8. The van der Waals surface area contributed by atoms with Crippen LogP contribution in [0.3, 0.4) is 0 Å². The summed E-state index contributed by atoms with van der Waals surface area (Å²) in [5, 5.41) is 7.39. The van der Waals surface area contributed by atoms with Crippen LogP contribution in [-0.4, -0.2) is 30.2 Å². The third-order valence-electron chi connectivity index (χ3n) is 4.88. The minimum absolute atomic E-state index is 0.102. The number of hydrogen-bond donors (Lipinski definition) is 1. The number of nitrogens with one attached hydrogen (secondary N) is 1. The third kappa shape index (κ3) is 4.42. The van der Waals surface area contributed by atoms with Crippen LogP contribution >= 0.6 is 0 Å². The number of carbonyl (C=O) groups excluding carboxylic acids is 1. The zero-order chi connectivity index (χ0) is 19.2. The van der Waals surface area contributed by atoms with E-state index in [9.17, 15) is 9.18 Å². The largest absolute Gasteiger partial charge is 0.371 e. The van der Waals surface area contributed by atoms with E-state index in [1.165, 1.54) is 18.3 Å². The van der Waals surface area contributed by atoms with Crippen LogP contribution in [0.5, 0.6) is 0 Å². The lowest BCUT2D eigenvalue weighted by Gasteiger charge is -2.35. The van der Waals surface area contributed by atoms with E-state index in [1.807, 2.05) is 36.1 Å². The van der Waals surface area contributed by atoms with E-state index in [4.69, 9.17) is 10.1 Å². The molecule has 5 heteroatoms. The molecule has 1 N–H and O–H groups in total. The maximum absolute atomic E-state index is 13.5. The molecule has 2 atom stereocenters. The summed E-state index contributed by atoms with van der Waals surface area (Å²) in [4.78, 5) is 14.4. The molecule has 1 amide bonds. The third-order valence-corrected chi connectivity index (χ3v) is 4.88. The standard InChI is InChI=1S/C22H25FN2O2/c1-2-14-27-22(18-7-5-16(15-24)6-8-18)21(25-13-3-4-20(25)26)17-9-11-19(23)12-10-17/h5-12,15,21-22,24H,2-4,13-14H2,1H3/t21-,22?/m0/s1. The predicted molar refractivity (Wildman–Crippen MR) is 103 cm³/mol. The fraction of sp³-hybridized carbons (Fsp3) is 0.364. The molecule has 3 rings (SSSR count). The molecule has 0 aromatic heterocycles. The summed E-state index contributed by atoms with van der Waals surface area (Å²) >= 11 is 0. The van der Waals surface area contributed by atoms with Crippen molar-refractivity contribution in [3.8, 4) is 0 Å². The van der Waals surface area contributed by atoms with Gasteiger partial charge >= 0.3 is 0 Å². The second-order valence-corrected chi connectivity index (χ2v) is 6.79. The number of hydrogen-bond acceptors (Lipinski definition) is 3. The second-order valence-electron chi connectivity index (χ2n) is 6.79. The first-order valence-electron chi connectivity index (χ1n) is 9.41. The lowest BCUT2D eigenvalue weighted by atomic mass is 9.93. The van der Waals surface area contributed by atoms with Crippen LogP contribution in [0.1, 0.15) is 55.0 Å². The normalized spacial score (nSPS) is 16.4. The van der Waals surface area contributed by atoms with Gasteiger partial charge in [0.2, 0.25) is 5.91 Å². The Morgan fingerprint density at radius 2 is 1.81 bits per heavy atom. The molecule has 0 bridgehead atoms. The maximum Gasteiger partial charge on any atom is 0.223 e. The van der Waals surface area contributed by atoms with Crippen molar-refractivity contribution in [3.05, 3.63) is 71.0 Å². The van der Waals surface area contributed by atoms with E-state index < -0.39 is 0 Å². The maximum atomic E-state index is 13.5. The van der Waals surface area contributed by atoms with Crippen LogP contribution in [0.4, 0.5) is 4.39 Å². The molecule has 2 aromatic carbocycles. The highest BCUT2D eigenvalue weighted by molar-refractivity contribution is 5.79. The molecule has 1 saturated heterocycles. The lowest BCUT2D eigenvalue weighted by molar-refractivity contribution is -0.133. The highest BCUT2D eigenvalue weighted by atomic mass is 19.1. The minimum Gasteiger partial charge on any atom is -0.371 e. The fourth-order valence-electron chi connectivity index (χ4n) is 3.54. The van der Waals surface area contributed by atoms with E-state index in [0.29, 0.717) is 19.6 Å². The van der Waals surface area contributed by atoms with Crippen molar-refractivity contribution in [1.29, 1.82) is 5.41 Å². The predicted octanol–water partition coefficient (Wildman–Crippen LogP) is 4.65. The molecule has 1 aliphatic heterocycles. The van der Waals surface area contributed by atoms with E-state index in [0.717, 1.165) is 29.5 Å². The van der Waals surface area contributed by atoms with Crippen molar-refractivity contribution >= 4 is 12.1 Å². The molecule has 0 saturated carbocycles. The number of nitrogens with zero attached hydrogens (tertiary/aromatic N) is 1. The SMILES string of the molecule is CCCOC(c1ccc(C=N)cc1)[C@H](c1ccc(F)cc1)N1CCCC1=O. The van der Waals surface area contributed by atoms with E-state index >= 15 is 0 Å². The van der Waals surface area contributed by atoms with Gasteiger partial charge in [-0.15, -0.1) is 0 Å². The van der Waals surface area contributed by atoms with E-state index in [1.54, 1.807) is 12.1 Å². The molecular formula is C22H25FN2O2. The molecule has 1 heterocycles. The van der Waals surface area contributed by atoms with Crippen LogP contribution in [0, 0.1) is 11.2 Å². The molecule has 4 nitrogen and oxygen atoms in total. The highest BCUT2D eigenvalue weighted by Gasteiger charge is 2.36. The Bertz CT molecular complexity index is 774. The van der Waals surface area contributed by atoms with Gasteiger partial charge in [0, 0.05) is 25.8 Å². The van der Waals surface area contributed by atoms with E-state index in [-0.39, 0.29) is 23.9 Å². The van der Waals surface area contributed by atoms with Crippen LogP contribution in [0.25, 0.3) is 0 Å². The van der Waals surface area contributed by atoms with Crippen molar-refractivity contribution in [2.45, 2.75) is 38.3 Å². The number of carbonyl (C=O) groups is 1. The number of benzene rings is 2. The van der Waals surface area contributed by atoms with E-state index in [2.05, 4.69) is 0 Å². The average molecular weight is 368 g/mol. The zero-order valence-corrected chi connectivity index (χ0v) is 15.5. The molecular weight excluding hydrogens is 343 g/mol. The van der Waals surface area contributed by atoms with Crippen LogP contribution in [0.2, 0.25) is 0 Å². The van der Waals surface area contributed by atoms with Crippen molar-refractivity contribution in [2.24, 2.45) is 0 Å². The number of likely N-dealkylation sites (tertiary alicyclic amines) is 1. The van der Waals surface area contributed by atoms with Crippen molar-refractivity contribution < 1.29 is 13.9 Å². The Hall–Kier alpha value is -2.53. The van der Waals surface area contributed by atoms with Crippen molar-refractivity contribution in [1.82, 2.24) is 4.90 Å². The molecule has 27 heavy (non-hydrogen) atoms. The van der Waals surface area contributed by atoms with Crippen LogP contribution in [0.15, 0.2) is 48.5 Å². The Balaban J connectivity index is 2.03.